The highest BCUT2D eigenvalue weighted by Gasteiger charge is 2.39. The number of aromatic nitrogens is 1. The number of rotatable bonds is 3. The van der Waals surface area contributed by atoms with Crippen molar-refractivity contribution in [3.8, 4) is 22.4 Å². The molecule has 0 atom stereocenters. The van der Waals surface area contributed by atoms with Gasteiger partial charge in [0.25, 0.3) is 0 Å². The lowest BCUT2D eigenvalue weighted by atomic mass is 9.95. The number of hydrogen-bond acceptors (Lipinski definition) is 4. The van der Waals surface area contributed by atoms with E-state index in [9.17, 15) is 21.6 Å². The molecule has 3 rings (SSSR count). The molecule has 2 aromatic carbocycles. The van der Waals surface area contributed by atoms with Crippen molar-refractivity contribution in [2.45, 2.75) is 11.1 Å². The number of benzene rings is 2. The van der Waals surface area contributed by atoms with Gasteiger partial charge in [-0.25, -0.2) is 18.5 Å². The van der Waals surface area contributed by atoms with Crippen molar-refractivity contribution in [3.05, 3.63) is 58.9 Å². The second-order valence-corrected chi connectivity index (χ2v) is 7.36. The van der Waals surface area contributed by atoms with Gasteiger partial charge in [-0.15, -0.1) is 11.3 Å². The quantitative estimate of drug-likeness (QED) is 0.737. The van der Waals surface area contributed by atoms with E-state index in [-0.39, 0.29) is 11.1 Å². The van der Waals surface area contributed by atoms with Crippen LogP contribution in [0.25, 0.3) is 22.4 Å². The van der Waals surface area contributed by atoms with Crippen LogP contribution in [0.3, 0.4) is 0 Å². The fraction of sp³-hybridized carbons (Fsp3) is 0.0625. The van der Waals surface area contributed by atoms with E-state index in [2.05, 4.69) is 4.98 Å². The number of halogens is 3. The summed E-state index contributed by atoms with van der Waals surface area (Å²) in [5, 5.41) is 6.80. The molecule has 2 N–H and O–H groups in total. The molecule has 130 valence electrons. The molecule has 0 aliphatic rings. The van der Waals surface area contributed by atoms with Crippen molar-refractivity contribution in [3.63, 3.8) is 0 Å². The number of sulfonamides is 1. The van der Waals surface area contributed by atoms with Crippen LogP contribution in [-0.2, 0) is 16.2 Å². The molecule has 0 saturated heterocycles. The van der Waals surface area contributed by atoms with Gasteiger partial charge >= 0.3 is 6.18 Å². The van der Waals surface area contributed by atoms with Gasteiger partial charge in [0.1, 0.15) is 4.90 Å². The molecule has 0 aliphatic heterocycles. The number of primary sulfonamides is 1. The Labute approximate surface area is 145 Å². The molecule has 1 aromatic heterocycles. The molecular formula is C16H11F3N2O2S2. The molecule has 1 heterocycles. The first-order valence-electron chi connectivity index (χ1n) is 6.90. The Morgan fingerprint density at radius 3 is 2.24 bits per heavy atom. The molecule has 0 saturated carbocycles. The van der Waals surface area contributed by atoms with E-state index in [4.69, 9.17) is 5.14 Å². The highest BCUT2D eigenvalue weighted by atomic mass is 32.2. The minimum absolute atomic E-state index is 0.108. The maximum absolute atomic E-state index is 13.4. The van der Waals surface area contributed by atoms with Crippen LogP contribution in [0.2, 0.25) is 0 Å². The number of nitrogens with two attached hydrogens (primary N) is 1. The Morgan fingerprint density at radius 2 is 1.72 bits per heavy atom. The first-order chi connectivity index (χ1) is 11.7. The molecule has 3 aromatic rings. The van der Waals surface area contributed by atoms with Crippen molar-refractivity contribution in [1.29, 1.82) is 0 Å². The van der Waals surface area contributed by atoms with Crippen LogP contribution in [0.4, 0.5) is 13.2 Å². The number of thiazole rings is 1. The minimum Gasteiger partial charge on any atom is -0.245 e. The van der Waals surface area contributed by atoms with Crippen LogP contribution in [0, 0.1) is 0 Å². The van der Waals surface area contributed by atoms with Crippen molar-refractivity contribution >= 4 is 21.4 Å². The Morgan fingerprint density at radius 1 is 1.04 bits per heavy atom. The zero-order chi connectivity index (χ0) is 18.2. The van der Waals surface area contributed by atoms with E-state index in [0.29, 0.717) is 11.3 Å². The van der Waals surface area contributed by atoms with Crippen LogP contribution < -0.4 is 5.14 Å². The van der Waals surface area contributed by atoms with Gasteiger partial charge < -0.3 is 0 Å². The average Bonchev–Trinajstić information content (AvgIpc) is 3.07. The van der Waals surface area contributed by atoms with Crippen LogP contribution >= 0.6 is 11.3 Å². The maximum Gasteiger partial charge on any atom is 0.417 e. The molecule has 0 amide bonds. The van der Waals surface area contributed by atoms with E-state index < -0.39 is 26.7 Å². The van der Waals surface area contributed by atoms with Crippen LogP contribution in [0.1, 0.15) is 5.56 Å². The Bertz CT molecular complexity index is 1000. The van der Waals surface area contributed by atoms with Crippen molar-refractivity contribution in [2.24, 2.45) is 5.14 Å². The highest BCUT2D eigenvalue weighted by Crippen LogP contribution is 2.43. The van der Waals surface area contributed by atoms with Gasteiger partial charge in [-0.05, 0) is 11.6 Å². The summed E-state index contributed by atoms with van der Waals surface area (Å²) in [6.45, 7) is 0. The fourth-order valence-corrected chi connectivity index (χ4v) is 4.11. The topological polar surface area (TPSA) is 73.1 Å². The lowest BCUT2D eigenvalue weighted by Gasteiger charge is -2.18. The molecule has 25 heavy (non-hydrogen) atoms. The Hall–Kier alpha value is -2.23. The van der Waals surface area contributed by atoms with E-state index in [1.165, 1.54) is 35.0 Å². The molecule has 9 heteroatoms. The molecule has 0 aliphatic carbocycles. The van der Waals surface area contributed by atoms with E-state index in [1.807, 2.05) is 0 Å². The molecule has 0 spiro atoms. The number of nitrogens with zero attached hydrogens (tertiary/aromatic N) is 1. The maximum atomic E-state index is 13.4. The molecular weight excluding hydrogens is 373 g/mol. The molecule has 0 unspecified atom stereocenters. The third kappa shape index (κ3) is 3.44. The summed E-state index contributed by atoms with van der Waals surface area (Å²) in [6, 6.07) is 9.88. The van der Waals surface area contributed by atoms with Crippen LogP contribution in [0.5, 0.6) is 0 Å². The average molecular weight is 384 g/mol. The predicted molar refractivity (Wildman–Crippen MR) is 89.4 cm³/mol. The van der Waals surface area contributed by atoms with E-state index >= 15 is 0 Å². The molecule has 4 nitrogen and oxygen atoms in total. The normalized spacial score (nSPS) is 12.3. The Kier molecular flexibility index (Phi) is 4.40. The summed E-state index contributed by atoms with van der Waals surface area (Å²) < 4.78 is 64.4. The van der Waals surface area contributed by atoms with Crippen molar-refractivity contribution in [2.75, 3.05) is 0 Å². The summed E-state index contributed by atoms with van der Waals surface area (Å²) in [5.74, 6) is 0. The van der Waals surface area contributed by atoms with Gasteiger partial charge in [0.2, 0.25) is 10.0 Å². The number of hydrogen-bond donors (Lipinski definition) is 1. The minimum atomic E-state index is -4.87. The first-order valence-corrected chi connectivity index (χ1v) is 9.39. The summed E-state index contributed by atoms with van der Waals surface area (Å²) >= 11 is 1.25. The lowest BCUT2D eigenvalue weighted by Crippen LogP contribution is -2.20. The van der Waals surface area contributed by atoms with Gasteiger partial charge in [0, 0.05) is 16.5 Å². The van der Waals surface area contributed by atoms with Gasteiger partial charge in [0.15, 0.2) is 0 Å². The monoisotopic (exact) mass is 384 g/mol. The second kappa shape index (κ2) is 6.25. The van der Waals surface area contributed by atoms with E-state index in [0.717, 1.165) is 6.07 Å². The lowest BCUT2D eigenvalue weighted by molar-refractivity contribution is -0.139. The number of alkyl halides is 3. The summed E-state index contributed by atoms with van der Waals surface area (Å²) in [4.78, 5) is 3.14. The summed E-state index contributed by atoms with van der Waals surface area (Å²) in [6.07, 6.45) is -4.87. The van der Waals surface area contributed by atoms with Gasteiger partial charge in [-0.3, -0.25) is 0 Å². The third-order valence-corrected chi connectivity index (χ3v) is 5.10. The third-order valence-electron chi connectivity index (χ3n) is 3.52. The van der Waals surface area contributed by atoms with Crippen molar-refractivity contribution < 1.29 is 21.6 Å². The van der Waals surface area contributed by atoms with Gasteiger partial charge in [0.05, 0.1) is 16.8 Å². The smallest absolute Gasteiger partial charge is 0.245 e. The highest BCUT2D eigenvalue weighted by molar-refractivity contribution is 7.89. The Balaban J connectivity index is 2.49. The largest absolute Gasteiger partial charge is 0.417 e. The zero-order valence-corrected chi connectivity index (χ0v) is 14.1. The SMILES string of the molecule is NS(=O)(=O)c1c(C(F)(F)F)ccc(-c2cscn2)c1-c1ccccc1. The van der Waals surface area contributed by atoms with Crippen LogP contribution in [-0.4, -0.2) is 13.4 Å². The molecule has 0 bridgehead atoms. The second-order valence-electron chi connectivity index (χ2n) is 5.15. The summed E-state index contributed by atoms with van der Waals surface area (Å²) in [5.41, 5.74) is 1.06. The standard InChI is InChI=1S/C16H11F3N2O2S2/c17-16(18,19)12-7-6-11(13-8-24-9-21-13)14(15(12)25(20,22)23)10-4-2-1-3-5-10/h1-9H,(H2,20,22,23). The van der Waals surface area contributed by atoms with Crippen molar-refractivity contribution in [1.82, 2.24) is 4.98 Å². The zero-order valence-electron chi connectivity index (χ0n) is 12.5. The first kappa shape index (κ1) is 17.6. The van der Waals surface area contributed by atoms with E-state index in [1.54, 1.807) is 23.6 Å². The van der Waals surface area contributed by atoms with Crippen LogP contribution in [0.15, 0.2) is 58.3 Å². The fourth-order valence-electron chi connectivity index (χ4n) is 2.55. The molecule has 0 fully saturated rings. The van der Waals surface area contributed by atoms with Gasteiger partial charge in [-0.2, -0.15) is 13.2 Å². The van der Waals surface area contributed by atoms with Gasteiger partial charge in [-0.1, -0.05) is 36.4 Å². The molecule has 0 radical (unpaired) electrons. The predicted octanol–water partition coefficient (Wildman–Crippen LogP) is 4.14. The summed E-state index contributed by atoms with van der Waals surface area (Å²) in [7, 11) is -4.65.